The van der Waals surface area contributed by atoms with Crippen LogP contribution in [0.15, 0.2) is 29.6 Å². The van der Waals surface area contributed by atoms with Gasteiger partial charge in [0, 0.05) is 38.1 Å². The average molecular weight is 433 g/mol. The van der Waals surface area contributed by atoms with Crippen LogP contribution in [0.1, 0.15) is 25.9 Å². The van der Waals surface area contributed by atoms with Gasteiger partial charge < -0.3 is 20.3 Å². The van der Waals surface area contributed by atoms with Crippen molar-refractivity contribution in [1.82, 2.24) is 14.8 Å². The van der Waals surface area contributed by atoms with E-state index in [0.29, 0.717) is 36.9 Å². The molecule has 2 aromatic rings. The Morgan fingerprint density at radius 1 is 1.14 bits per heavy atom. The van der Waals surface area contributed by atoms with Crippen molar-refractivity contribution in [2.75, 3.05) is 26.2 Å². The number of alkyl halides is 2. The summed E-state index contributed by atoms with van der Waals surface area (Å²) >= 11 is 1.33. The summed E-state index contributed by atoms with van der Waals surface area (Å²) < 4.78 is 29.5. The number of nitrogens with two attached hydrogens (primary N) is 1. The maximum absolute atomic E-state index is 12.7. The lowest BCUT2D eigenvalue weighted by Crippen LogP contribution is -2.50. The second-order valence-corrected chi connectivity index (χ2v) is 6.73. The molecule has 152 valence electrons. The van der Waals surface area contributed by atoms with Crippen LogP contribution in [0.5, 0.6) is 5.75 Å². The Labute approximate surface area is 170 Å². The fourth-order valence-corrected chi connectivity index (χ4v) is 3.44. The number of halogens is 3. The number of hydrogen-bond acceptors (Lipinski definition) is 6. The van der Waals surface area contributed by atoms with Crippen LogP contribution in [0, 0.1) is 0 Å². The van der Waals surface area contributed by atoms with Crippen molar-refractivity contribution in [2.24, 2.45) is 5.73 Å². The first-order chi connectivity index (χ1) is 13.0. The number of para-hydroxylation sites is 1. The van der Waals surface area contributed by atoms with Crippen molar-refractivity contribution < 1.29 is 23.1 Å². The Kier molecular flexibility index (Phi) is 7.67. The summed E-state index contributed by atoms with van der Waals surface area (Å²) in [5.41, 5.74) is 5.93. The van der Waals surface area contributed by atoms with E-state index >= 15 is 0 Å². The first kappa shape index (κ1) is 22.0. The number of aromatic nitrogens is 1. The summed E-state index contributed by atoms with van der Waals surface area (Å²) in [6, 6.07) is 5.88. The van der Waals surface area contributed by atoms with E-state index in [9.17, 15) is 18.4 Å². The fraction of sp³-hybridized carbons (Fsp3) is 0.353. The van der Waals surface area contributed by atoms with Crippen LogP contribution in [0.2, 0.25) is 0 Å². The molecule has 0 radical (unpaired) electrons. The maximum atomic E-state index is 12.7. The molecule has 1 saturated heterocycles. The summed E-state index contributed by atoms with van der Waals surface area (Å²) in [4.78, 5) is 32.4. The molecule has 1 aromatic heterocycles. The van der Waals surface area contributed by atoms with Gasteiger partial charge in [0.15, 0.2) is 0 Å². The number of amides is 2. The zero-order valence-corrected chi connectivity index (χ0v) is 16.3. The Balaban J connectivity index is 0.00000280. The minimum absolute atomic E-state index is 0. The second kappa shape index (κ2) is 9.76. The van der Waals surface area contributed by atoms with Gasteiger partial charge in [0.2, 0.25) is 0 Å². The van der Waals surface area contributed by atoms with Gasteiger partial charge >= 0.3 is 6.61 Å². The molecule has 11 heteroatoms. The molecule has 7 nitrogen and oxygen atoms in total. The number of ether oxygens (including phenoxy) is 1. The predicted molar refractivity (Wildman–Crippen MR) is 102 cm³/mol. The number of carbonyl (C=O) groups excluding carboxylic acids is 2. The van der Waals surface area contributed by atoms with E-state index in [2.05, 4.69) is 9.72 Å². The van der Waals surface area contributed by atoms with Gasteiger partial charge in [-0.3, -0.25) is 9.59 Å². The molecule has 0 saturated carbocycles. The summed E-state index contributed by atoms with van der Waals surface area (Å²) in [5.74, 6) is -0.773. The first-order valence-corrected chi connectivity index (χ1v) is 9.14. The Hall–Kier alpha value is -2.30. The largest absolute Gasteiger partial charge is 0.434 e. The highest BCUT2D eigenvalue weighted by Gasteiger charge is 2.28. The molecule has 1 aliphatic heterocycles. The van der Waals surface area contributed by atoms with Gasteiger partial charge in [-0.2, -0.15) is 8.78 Å². The van der Waals surface area contributed by atoms with Crippen LogP contribution < -0.4 is 10.5 Å². The van der Waals surface area contributed by atoms with E-state index in [-0.39, 0.29) is 36.2 Å². The predicted octanol–water partition coefficient (Wildman–Crippen LogP) is 2.22. The second-order valence-electron chi connectivity index (χ2n) is 5.79. The molecule has 0 spiro atoms. The number of rotatable bonds is 5. The summed E-state index contributed by atoms with van der Waals surface area (Å²) in [6.07, 6.45) is 0. The molecule has 2 heterocycles. The molecule has 0 aliphatic carbocycles. The van der Waals surface area contributed by atoms with Gasteiger partial charge in [0.1, 0.15) is 16.5 Å². The minimum atomic E-state index is -3.01. The highest BCUT2D eigenvalue weighted by Crippen LogP contribution is 2.23. The van der Waals surface area contributed by atoms with Gasteiger partial charge in [-0.1, -0.05) is 12.1 Å². The molecule has 1 aromatic carbocycles. The lowest BCUT2D eigenvalue weighted by atomic mass is 10.1. The molecule has 1 aliphatic rings. The zero-order chi connectivity index (χ0) is 19.4. The Morgan fingerprint density at radius 3 is 2.32 bits per heavy atom. The van der Waals surface area contributed by atoms with E-state index in [1.165, 1.54) is 34.4 Å². The van der Waals surface area contributed by atoms with Crippen LogP contribution in [0.3, 0.4) is 0 Å². The van der Waals surface area contributed by atoms with E-state index in [1.54, 1.807) is 16.3 Å². The molecule has 0 unspecified atom stereocenters. The summed E-state index contributed by atoms with van der Waals surface area (Å²) in [7, 11) is 0. The van der Waals surface area contributed by atoms with Crippen molar-refractivity contribution in [3.63, 3.8) is 0 Å². The van der Waals surface area contributed by atoms with Crippen LogP contribution in [-0.2, 0) is 6.54 Å². The van der Waals surface area contributed by atoms with Crippen molar-refractivity contribution in [3.8, 4) is 5.75 Å². The molecule has 0 bridgehead atoms. The van der Waals surface area contributed by atoms with Gasteiger partial charge in [0.25, 0.3) is 11.8 Å². The van der Waals surface area contributed by atoms with Crippen molar-refractivity contribution in [2.45, 2.75) is 13.2 Å². The fourth-order valence-electron chi connectivity index (χ4n) is 2.79. The third kappa shape index (κ3) is 4.94. The van der Waals surface area contributed by atoms with Crippen LogP contribution in [0.4, 0.5) is 8.78 Å². The monoisotopic (exact) mass is 432 g/mol. The maximum Gasteiger partial charge on any atom is 0.387 e. The molecular weight excluding hydrogens is 414 g/mol. The smallest absolute Gasteiger partial charge is 0.387 e. The quantitative estimate of drug-likeness (QED) is 0.782. The van der Waals surface area contributed by atoms with Gasteiger partial charge in [-0.05, 0) is 12.1 Å². The normalized spacial score (nSPS) is 14.0. The lowest BCUT2D eigenvalue weighted by molar-refractivity contribution is -0.0503. The Bertz CT molecular complexity index is 828. The Morgan fingerprint density at radius 2 is 1.75 bits per heavy atom. The molecule has 2 amide bonds. The van der Waals surface area contributed by atoms with Gasteiger partial charge in [0.05, 0.1) is 5.56 Å². The van der Waals surface area contributed by atoms with Crippen molar-refractivity contribution in [3.05, 3.63) is 45.9 Å². The topological polar surface area (TPSA) is 88.8 Å². The van der Waals surface area contributed by atoms with Crippen LogP contribution in [-0.4, -0.2) is 59.4 Å². The van der Waals surface area contributed by atoms with Crippen molar-refractivity contribution in [1.29, 1.82) is 0 Å². The van der Waals surface area contributed by atoms with Crippen LogP contribution in [0.25, 0.3) is 0 Å². The number of nitrogens with zero attached hydrogens (tertiary/aromatic N) is 3. The molecule has 2 N–H and O–H groups in total. The summed E-state index contributed by atoms with van der Waals surface area (Å²) in [5, 5.41) is 2.35. The SMILES string of the molecule is Cl.NCc1nc(C(=O)N2CCN(C(=O)c3ccccc3OC(F)F)CC2)cs1. The molecule has 3 rings (SSSR count). The third-order valence-electron chi connectivity index (χ3n) is 4.13. The minimum Gasteiger partial charge on any atom is -0.434 e. The third-order valence-corrected chi connectivity index (χ3v) is 5.00. The average Bonchev–Trinajstić information content (AvgIpc) is 3.16. The number of thiazole rings is 1. The van der Waals surface area contributed by atoms with E-state index in [4.69, 9.17) is 5.73 Å². The highest BCUT2D eigenvalue weighted by atomic mass is 35.5. The number of carbonyl (C=O) groups is 2. The van der Waals surface area contributed by atoms with E-state index in [1.807, 2.05) is 0 Å². The van der Waals surface area contributed by atoms with E-state index in [0.717, 1.165) is 0 Å². The zero-order valence-electron chi connectivity index (χ0n) is 14.7. The molecule has 28 heavy (non-hydrogen) atoms. The van der Waals surface area contributed by atoms with E-state index < -0.39 is 12.5 Å². The molecule has 0 atom stereocenters. The lowest BCUT2D eigenvalue weighted by Gasteiger charge is -2.34. The number of piperazine rings is 1. The highest BCUT2D eigenvalue weighted by molar-refractivity contribution is 7.09. The number of hydrogen-bond donors (Lipinski definition) is 1. The molecule has 1 fully saturated rings. The number of benzene rings is 1. The van der Waals surface area contributed by atoms with Gasteiger partial charge in [-0.25, -0.2) is 4.98 Å². The standard InChI is InChI=1S/C17H18F2N4O3S.ClH/c18-17(19)26-13-4-2-1-3-11(13)15(24)22-5-7-23(8-6-22)16(25)12-10-27-14(9-20)21-12;/h1-4,10,17H,5-9,20H2;1H. The molecular formula is C17H19ClF2N4O3S. The first-order valence-electron chi connectivity index (χ1n) is 8.26. The van der Waals surface area contributed by atoms with Gasteiger partial charge in [-0.15, -0.1) is 23.7 Å². The van der Waals surface area contributed by atoms with Crippen molar-refractivity contribution >= 4 is 35.6 Å². The summed E-state index contributed by atoms with van der Waals surface area (Å²) in [6.45, 7) is -1.48. The van der Waals surface area contributed by atoms with Crippen LogP contribution >= 0.6 is 23.7 Å².